The predicted molar refractivity (Wildman–Crippen MR) is 127 cm³/mol. The molecule has 0 fully saturated rings. The third-order valence-electron chi connectivity index (χ3n) is 4.69. The minimum absolute atomic E-state index is 0.155. The second-order valence-corrected chi connectivity index (χ2v) is 8.39. The normalized spacial score (nSPS) is 11.8. The lowest BCUT2D eigenvalue weighted by molar-refractivity contribution is -0.384. The zero-order valence-electron chi connectivity index (χ0n) is 19.7. The lowest BCUT2D eigenvalue weighted by Crippen LogP contribution is -2.37. The van der Waals surface area contributed by atoms with Crippen molar-refractivity contribution in [2.45, 2.75) is 38.8 Å². The van der Waals surface area contributed by atoms with E-state index in [1.165, 1.54) is 43.0 Å². The van der Waals surface area contributed by atoms with Crippen LogP contribution in [0.15, 0.2) is 47.8 Å². The summed E-state index contributed by atoms with van der Waals surface area (Å²) in [5, 5.41) is 16.8. The summed E-state index contributed by atoms with van der Waals surface area (Å²) >= 11 is 0. The molecular weight excluding hydrogens is 444 g/mol. The Labute approximate surface area is 196 Å². The number of benzene rings is 1. The van der Waals surface area contributed by atoms with Gasteiger partial charge < -0.3 is 19.4 Å². The van der Waals surface area contributed by atoms with Crippen LogP contribution in [0.25, 0.3) is 11.1 Å². The zero-order chi connectivity index (χ0) is 25.6. The highest BCUT2D eigenvalue weighted by molar-refractivity contribution is 5.87. The second kappa shape index (κ2) is 10.6. The Bertz CT molecular complexity index is 1160. The van der Waals surface area contributed by atoms with Crippen molar-refractivity contribution in [2.24, 2.45) is 7.05 Å². The minimum Gasteiger partial charge on any atom is -0.453 e. The number of methoxy groups -OCH3 is 1. The molecule has 2 N–H and O–H groups in total. The Morgan fingerprint density at radius 2 is 1.91 bits per heavy atom. The number of hydrogen-bond acceptors (Lipinski definition) is 7. The fourth-order valence-corrected chi connectivity index (χ4v) is 3.19. The number of nitrogens with zero attached hydrogens (tertiary/aromatic N) is 2. The van der Waals surface area contributed by atoms with Crippen LogP contribution in [0.3, 0.4) is 0 Å². The molecule has 0 saturated carbocycles. The van der Waals surface area contributed by atoms with Crippen LogP contribution in [0.1, 0.15) is 38.9 Å². The SMILES string of the molecule is C=CC[C@H](NC(=O)OC(C)(C)C)c1cc(-c2ccc(NC(=O)OC)cc2[N+](=O)[O-])cc(=O)n1C. The number of rotatable bonds is 7. The van der Waals surface area contributed by atoms with Crippen LogP contribution in [0.5, 0.6) is 0 Å². The molecule has 34 heavy (non-hydrogen) atoms. The van der Waals surface area contributed by atoms with Crippen molar-refractivity contribution >= 4 is 23.6 Å². The summed E-state index contributed by atoms with van der Waals surface area (Å²) in [5.74, 6) is 0. The van der Waals surface area contributed by atoms with Gasteiger partial charge in [0.2, 0.25) is 0 Å². The quantitative estimate of drug-likeness (QED) is 0.348. The Hall–Kier alpha value is -4.15. The molecule has 0 radical (unpaired) electrons. The summed E-state index contributed by atoms with van der Waals surface area (Å²) in [6, 6.07) is 6.22. The summed E-state index contributed by atoms with van der Waals surface area (Å²) in [5.41, 5.74) is -0.491. The number of carbonyl (C=O) groups excluding carboxylic acids is 2. The molecule has 0 aliphatic carbocycles. The number of amides is 2. The first-order valence-corrected chi connectivity index (χ1v) is 10.3. The molecule has 0 aliphatic heterocycles. The molecule has 182 valence electrons. The Balaban J connectivity index is 2.57. The molecule has 1 atom stereocenters. The number of nitro groups is 1. The highest BCUT2D eigenvalue weighted by Gasteiger charge is 2.24. The van der Waals surface area contributed by atoms with Crippen LogP contribution in [0.4, 0.5) is 21.0 Å². The average molecular weight is 472 g/mol. The number of alkyl carbamates (subject to hydrolysis) is 1. The van der Waals surface area contributed by atoms with E-state index < -0.39 is 34.3 Å². The molecule has 2 aromatic rings. The molecule has 1 heterocycles. The fourth-order valence-electron chi connectivity index (χ4n) is 3.19. The van der Waals surface area contributed by atoms with Gasteiger partial charge in [-0.3, -0.25) is 20.2 Å². The van der Waals surface area contributed by atoms with Gasteiger partial charge in [-0.25, -0.2) is 9.59 Å². The van der Waals surface area contributed by atoms with Crippen LogP contribution in [0, 0.1) is 10.1 Å². The summed E-state index contributed by atoms with van der Waals surface area (Å²) in [6.07, 6.45) is 0.398. The van der Waals surface area contributed by atoms with Gasteiger partial charge in [0.25, 0.3) is 11.2 Å². The number of nitrogens with one attached hydrogen (secondary N) is 2. The minimum atomic E-state index is -0.779. The number of nitro benzene ring substituents is 1. The van der Waals surface area contributed by atoms with Gasteiger partial charge in [0.05, 0.1) is 29.3 Å². The number of ether oxygens (including phenoxy) is 2. The molecule has 11 heteroatoms. The molecule has 2 rings (SSSR count). The van der Waals surface area contributed by atoms with Gasteiger partial charge in [-0.15, -0.1) is 6.58 Å². The van der Waals surface area contributed by atoms with Crippen molar-refractivity contribution in [1.29, 1.82) is 0 Å². The molecule has 1 aromatic carbocycles. The topological polar surface area (TPSA) is 142 Å². The van der Waals surface area contributed by atoms with Gasteiger partial charge >= 0.3 is 12.2 Å². The third kappa shape index (κ3) is 6.67. The van der Waals surface area contributed by atoms with Gasteiger partial charge in [0, 0.05) is 24.9 Å². The van der Waals surface area contributed by atoms with E-state index in [0.29, 0.717) is 5.69 Å². The molecule has 0 saturated heterocycles. The maximum atomic E-state index is 12.7. The highest BCUT2D eigenvalue weighted by atomic mass is 16.6. The summed E-state index contributed by atoms with van der Waals surface area (Å²) < 4.78 is 11.2. The van der Waals surface area contributed by atoms with Crippen molar-refractivity contribution in [3.05, 3.63) is 69.1 Å². The molecule has 0 bridgehead atoms. The average Bonchev–Trinajstić information content (AvgIpc) is 2.73. The molecule has 0 spiro atoms. The number of pyridine rings is 1. The first-order valence-electron chi connectivity index (χ1n) is 10.3. The van der Waals surface area contributed by atoms with E-state index in [4.69, 9.17) is 4.74 Å². The van der Waals surface area contributed by atoms with E-state index in [9.17, 15) is 24.5 Å². The van der Waals surface area contributed by atoms with Gasteiger partial charge in [0.15, 0.2) is 0 Å². The number of hydrogen-bond donors (Lipinski definition) is 2. The fraction of sp³-hybridized carbons (Fsp3) is 0.348. The third-order valence-corrected chi connectivity index (χ3v) is 4.69. The molecular formula is C23H28N4O7. The lowest BCUT2D eigenvalue weighted by atomic mass is 10.00. The van der Waals surface area contributed by atoms with Gasteiger partial charge in [0.1, 0.15) is 5.60 Å². The van der Waals surface area contributed by atoms with Crippen molar-refractivity contribution in [3.8, 4) is 11.1 Å². The van der Waals surface area contributed by atoms with E-state index in [0.717, 1.165) is 0 Å². The smallest absolute Gasteiger partial charge is 0.411 e. The van der Waals surface area contributed by atoms with Crippen LogP contribution in [-0.4, -0.2) is 34.4 Å². The van der Waals surface area contributed by atoms with Crippen LogP contribution in [0.2, 0.25) is 0 Å². The number of aromatic nitrogens is 1. The number of anilines is 1. The highest BCUT2D eigenvalue weighted by Crippen LogP contribution is 2.33. The van der Waals surface area contributed by atoms with Crippen molar-refractivity contribution < 1.29 is 24.0 Å². The van der Waals surface area contributed by atoms with Crippen LogP contribution < -0.4 is 16.2 Å². The molecule has 11 nitrogen and oxygen atoms in total. The van der Waals surface area contributed by atoms with Crippen molar-refractivity contribution in [2.75, 3.05) is 12.4 Å². The molecule has 0 unspecified atom stereocenters. The molecule has 1 aromatic heterocycles. The van der Waals surface area contributed by atoms with Crippen LogP contribution in [-0.2, 0) is 16.5 Å². The van der Waals surface area contributed by atoms with Crippen LogP contribution >= 0.6 is 0 Å². The standard InChI is InChI=1S/C23H28N4O7/c1-7-8-17(25-22(30)34-23(2,3)4)19-11-14(12-20(28)26(19)5)16-10-9-15(24-21(29)33-6)13-18(16)27(31)32/h7,9-13,17H,1,8H2,2-6H3,(H,24,29)(H,25,30)/t17-/m0/s1. The second-order valence-electron chi connectivity index (χ2n) is 8.39. The van der Waals surface area contributed by atoms with E-state index in [2.05, 4.69) is 21.9 Å². The van der Waals surface area contributed by atoms with Gasteiger partial charge in [-0.2, -0.15) is 0 Å². The van der Waals surface area contributed by atoms with Crippen molar-refractivity contribution in [3.63, 3.8) is 0 Å². The lowest BCUT2D eigenvalue weighted by Gasteiger charge is -2.24. The maximum Gasteiger partial charge on any atom is 0.411 e. The summed E-state index contributed by atoms with van der Waals surface area (Å²) in [7, 11) is 2.70. The molecule has 2 amide bonds. The largest absolute Gasteiger partial charge is 0.453 e. The summed E-state index contributed by atoms with van der Waals surface area (Å²) in [6.45, 7) is 8.88. The first-order chi connectivity index (χ1) is 15.9. The zero-order valence-corrected chi connectivity index (χ0v) is 19.7. The maximum absolute atomic E-state index is 12.7. The van der Waals surface area contributed by atoms with Gasteiger partial charge in [-0.1, -0.05) is 6.08 Å². The van der Waals surface area contributed by atoms with E-state index in [-0.39, 0.29) is 28.9 Å². The van der Waals surface area contributed by atoms with Crippen molar-refractivity contribution in [1.82, 2.24) is 9.88 Å². The Kier molecular flexibility index (Phi) is 8.17. The number of carbonyl (C=O) groups is 2. The van der Waals surface area contributed by atoms with E-state index in [1.807, 2.05) is 0 Å². The predicted octanol–water partition coefficient (Wildman–Crippen LogP) is 4.28. The summed E-state index contributed by atoms with van der Waals surface area (Å²) in [4.78, 5) is 47.7. The monoisotopic (exact) mass is 472 g/mol. The first kappa shape index (κ1) is 26.1. The molecule has 0 aliphatic rings. The van der Waals surface area contributed by atoms with E-state index in [1.54, 1.807) is 32.9 Å². The Morgan fingerprint density at radius 3 is 2.47 bits per heavy atom. The van der Waals surface area contributed by atoms with E-state index >= 15 is 0 Å². The Morgan fingerprint density at radius 1 is 1.24 bits per heavy atom. The van der Waals surface area contributed by atoms with Gasteiger partial charge in [-0.05, 0) is 51.0 Å².